The van der Waals surface area contributed by atoms with Gasteiger partial charge in [0.05, 0.1) is 0 Å². The number of carbonyl (C=O) groups excluding carboxylic acids is 1. The molecule has 0 fully saturated rings. The summed E-state index contributed by atoms with van der Waals surface area (Å²) in [7, 11) is 0. The highest BCUT2D eigenvalue weighted by atomic mass is 35.5. The molecule has 2 rings (SSSR count). The average Bonchev–Trinajstić information content (AvgIpc) is 2.27. The first-order valence-electron chi connectivity index (χ1n) is 5.01. The summed E-state index contributed by atoms with van der Waals surface area (Å²) in [6, 6.07) is 4.85. The Morgan fingerprint density at radius 3 is 2.78 bits per heavy atom. The highest BCUT2D eigenvalue weighted by molar-refractivity contribution is 6.31. The van der Waals surface area contributed by atoms with Crippen molar-refractivity contribution in [1.29, 1.82) is 0 Å². The first-order valence-corrected chi connectivity index (χ1v) is 5.38. The van der Waals surface area contributed by atoms with Crippen molar-refractivity contribution < 1.29 is 9.18 Å². The number of aromatic amines is 1. The lowest BCUT2D eigenvalue weighted by molar-refractivity contribution is 0.102. The van der Waals surface area contributed by atoms with Crippen molar-refractivity contribution in [3.05, 3.63) is 63.3 Å². The van der Waals surface area contributed by atoms with Gasteiger partial charge in [0.15, 0.2) is 5.43 Å². The first-order chi connectivity index (χ1) is 8.56. The molecule has 2 N–H and O–H groups in total. The van der Waals surface area contributed by atoms with Gasteiger partial charge in [-0.05, 0) is 18.2 Å². The minimum atomic E-state index is -0.626. The van der Waals surface area contributed by atoms with Gasteiger partial charge in [0.1, 0.15) is 11.4 Å². The normalized spacial score (nSPS) is 10.1. The van der Waals surface area contributed by atoms with Gasteiger partial charge in [-0.25, -0.2) is 4.39 Å². The molecule has 18 heavy (non-hydrogen) atoms. The SMILES string of the molecule is O=C(Nc1cc(F)cc(Cl)c1)c1c[nH]ccc1=O. The minimum Gasteiger partial charge on any atom is -0.367 e. The highest BCUT2D eigenvalue weighted by Gasteiger charge is 2.10. The fourth-order valence-corrected chi connectivity index (χ4v) is 1.64. The molecule has 0 aliphatic carbocycles. The lowest BCUT2D eigenvalue weighted by Crippen LogP contribution is -2.20. The van der Waals surface area contributed by atoms with E-state index in [0.717, 1.165) is 12.1 Å². The van der Waals surface area contributed by atoms with Crippen LogP contribution in [0.4, 0.5) is 10.1 Å². The van der Waals surface area contributed by atoms with Gasteiger partial charge in [-0.2, -0.15) is 0 Å². The molecule has 0 radical (unpaired) electrons. The van der Waals surface area contributed by atoms with Crippen LogP contribution < -0.4 is 10.7 Å². The molecule has 1 aromatic carbocycles. The number of benzene rings is 1. The number of pyridine rings is 1. The molecule has 1 aromatic heterocycles. The zero-order valence-corrected chi connectivity index (χ0v) is 9.79. The van der Waals surface area contributed by atoms with Gasteiger partial charge in [0.25, 0.3) is 5.91 Å². The van der Waals surface area contributed by atoms with Gasteiger partial charge in [-0.15, -0.1) is 0 Å². The smallest absolute Gasteiger partial charge is 0.261 e. The molecule has 92 valence electrons. The monoisotopic (exact) mass is 266 g/mol. The van der Waals surface area contributed by atoms with E-state index in [1.54, 1.807) is 0 Å². The van der Waals surface area contributed by atoms with E-state index >= 15 is 0 Å². The van der Waals surface area contributed by atoms with Gasteiger partial charge in [-0.1, -0.05) is 11.6 Å². The second-order valence-electron chi connectivity index (χ2n) is 3.53. The van der Waals surface area contributed by atoms with Crippen LogP contribution in [0, 0.1) is 5.82 Å². The molecule has 1 amide bonds. The fraction of sp³-hybridized carbons (Fsp3) is 0. The second kappa shape index (κ2) is 5.01. The Balaban J connectivity index is 2.27. The molecule has 0 aliphatic heterocycles. The molecule has 2 aromatic rings. The van der Waals surface area contributed by atoms with Gasteiger partial charge < -0.3 is 10.3 Å². The molecule has 6 heteroatoms. The van der Waals surface area contributed by atoms with Crippen LogP contribution in [0.15, 0.2) is 41.5 Å². The van der Waals surface area contributed by atoms with Crippen LogP contribution in [0.3, 0.4) is 0 Å². The second-order valence-corrected chi connectivity index (χ2v) is 3.97. The van der Waals surface area contributed by atoms with E-state index in [0.29, 0.717) is 0 Å². The molecule has 0 unspecified atom stereocenters. The largest absolute Gasteiger partial charge is 0.367 e. The highest BCUT2D eigenvalue weighted by Crippen LogP contribution is 2.18. The van der Waals surface area contributed by atoms with E-state index in [-0.39, 0.29) is 16.3 Å². The van der Waals surface area contributed by atoms with Crippen molar-refractivity contribution in [2.45, 2.75) is 0 Å². The Labute approximate surface area is 106 Å². The number of nitrogens with one attached hydrogen (secondary N) is 2. The van der Waals surface area contributed by atoms with E-state index in [1.807, 2.05) is 0 Å². The lowest BCUT2D eigenvalue weighted by atomic mass is 10.2. The summed E-state index contributed by atoms with van der Waals surface area (Å²) in [6.07, 6.45) is 2.69. The van der Waals surface area contributed by atoms with E-state index in [2.05, 4.69) is 10.3 Å². The quantitative estimate of drug-likeness (QED) is 0.877. The number of H-pyrrole nitrogens is 1. The number of hydrogen-bond donors (Lipinski definition) is 2. The molecule has 4 nitrogen and oxygen atoms in total. The van der Waals surface area contributed by atoms with Crippen molar-refractivity contribution in [3.63, 3.8) is 0 Å². The van der Waals surface area contributed by atoms with E-state index in [1.165, 1.54) is 24.5 Å². The molecular formula is C12H8ClFN2O2. The summed E-state index contributed by atoms with van der Waals surface area (Å²) < 4.78 is 13.1. The first kappa shape index (κ1) is 12.3. The molecule has 0 saturated carbocycles. The molecule has 1 heterocycles. The summed E-state index contributed by atoms with van der Waals surface area (Å²) in [6.45, 7) is 0. The Morgan fingerprint density at radius 2 is 2.11 bits per heavy atom. The van der Waals surface area contributed by atoms with E-state index in [4.69, 9.17) is 11.6 Å². The maximum Gasteiger partial charge on any atom is 0.261 e. The predicted octanol–water partition coefficient (Wildman–Crippen LogP) is 2.42. The Hall–Kier alpha value is -2.14. The summed E-state index contributed by atoms with van der Waals surface area (Å²) in [5, 5.41) is 2.56. The van der Waals surface area contributed by atoms with Gasteiger partial charge in [0, 0.05) is 29.2 Å². The third-order valence-electron chi connectivity index (χ3n) is 2.19. The maximum atomic E-state index is 13.1. The van der Waals surface area contributed by atoms with Crippen LogP contribution in [-0.4, -0.2) is 10.9 Å². The van der Waals surface area contributed by atoms with Crippen molar-refractivity contribution >= 4 is 23.2 Å². The molecule has 0 spiro atoms. The van der Waals surface area contributed by atoms with Crippen LogP contribution in [-0.2, 0) is 0 Å². The standard InChI is InChI=1S/C12H8ClFN2O2/c13-7-3-8(14)5-9(4-7)16-12(18)10-6-15-2-1-11(10)17/h1-6H,(H,15,17)(H,16,18). The van der Waals surface area contributed by atoms with Crippen LogP contribution in [0.2, 0.25) is 5.02 Å². The van der Waals surface area contributed by atoms with Crippen LogP contribution in [0.25, 0.3) is 0 Å². The summed E-state index contributed by atoms with van der Waals surface area (Å²) in [5.41, 5.74) is -0.292. The Morgan fingerprint density at radius 1 is 1.33 bits per heavy atom. The van der Waals surface area contributed by atoms with Crippen LogP contribution in [0.1, 0.15) is 10.4 Å². The number of aromatic nitrogens is 1. The Kier molecular flexibility index (Phi) is 3.43. The number of anilines is 1. The van der Waals surface area contributed by atoms with Crippen LogP contribution >= 0.6 is 11.6 Å². The fourth-order valence-electron chi connectivity index (χ4n) is 1.42. The summed E-state index contributed by atoms with van der Waals surface area (Å²) in [5.74, 6) is -1.20. The maximum absolute atomic E-state index is 13.1. The van der Waals surface area contributed by atoms with Gasteiger partial charge >= 0.3 is 0 Å². The molecule has 0 saturated heterocycles. The third-order valence-corrected chi connectivity index (χ3v) is 2.41. The lowest BCUT2D eigenvalue weighted by Gasteiger charge is -2.05. The number of halogens is 2. The van der Waals surface area contributed by atoms with Crippen molar-refractivity contribution in [3.8, 4) is 0 Å². The predicted molar refractivity (Wildman–Crippen MR) is 66.4 cm³/mol. The van der Waals surface area contributed by atoms with E-state index in [9.17, 15) is 14.0 Å². The molecule has 0 bridgehead atoms. The minimum absolute atomic E-state index is 0.0575. The average molecular weight is 267 g/mol. The van der Waals surface area contributed by atoms with Crippen molar-refractivity contribution in [2.24, 2.45) is 0 Å². The third kappa shape index (κ3) is 2.75. The zero-order valence-electron chi connectivity index (χ0n) is 9.04. The van der Waals surface area contributed by atoms with Gasteiger partial charge in [-0.3, -0.25) is 9.59 Å². The molecule has 0 atom stereocenters. The number of rotatable bonds is 2. The van der Waals surface area contributed by atoms with Crippen molar-refractivity contribution in [1.82, 2.24) is 4.98 Å². The zero-order chi connectivity index (χ0) is 13.1. The number of carbonyl (C=O) groups is 1. The molecular weight excluding hydrogens is 259 g/mol. The summed E-state index contributed by atoms with van der Waals surface area (Å²) >= 11 is 5.65. The van der Waals surface area contributed by atoms with Gasteiger partial charge in [0.2, 0.25) is 0 Å². The Bertz CT molecular complexity index is 634. The number of hydrogen-bond acceptors (Lipinski definition) is 2. The molecule has 0 aliphatic rings. The topological polar surface area (TPSA) is 62.0 Å². The van der Waals surface area contributed by atoms with E-state index < -0.39 is 17.2 Å². The van der Waals surface area contributed by atoms with Crippen molar-refractivity contribution in [2.75, 3.05) is 5.32 Å². The van der Waals surface area contributed by atoms with Crippen LogP contribution in [0.5, 0.6) is 0 Å². The number of amides is 1. The summed E-state index contributed by atoms with van der Waals surface area (Å²) in [4.78, 5) is 25.8.